The van der Waals surface area contributed by atoms with Gasteiger partial charge in [0.2, 0.25) is 0 Å². The van der Waals surface area contributed by atoms with Gasteiger partial charge in [0.1, 0.15) is 30.5 Å². The van der Waals surface area contributed by atoms with Crippen LogP contribution in [0.5, 0.6) is 0 Å². The molecule has 5 fully saturated rings. The number of hydrogen-bond donors (Lipinski definition) is 5. The predicted octanol–water partition coefficient (Wildman–Crippen LogP) is 4.90. The summed E-state index contributed by atoms with van der Waals surface area (Å²) in [6.07, 6.45) is 4.19. The quantitative estimate of drug-likeness (QED) is 0.276. The van der Waals surface area contributed by atoms with Crippen molar-refractivity contribution in [2.24, 2.45) is 56.2 Å². The van der Waals surface area contributed by atoms with Crippen LogP contribution < -0.4 is 0 Å². The molecule has 0 radical (unpaired) electrons. The maximum atomic E-state index is 14.1. The van der Waals surface area contributed by atoms with Crippen molar-refractivity contribution in [3.05, 3.63) is 11.6 Å². The molecule has 0 spiro atoms. The zero-order valence-corrected chi connectivity index (χ0v) is 28.5. The number of rotatable bonds is 4. The summed E-state index contributed by atoms with van der Waals surface area (Å²) in [6.45, 7) is 15.8. The van der Waals surface area contributed by atoms with Crippen molar-refractivity contribution >= 4 is 11.8 Å². The van der Waals surface area contributed by atoms with Crippen molar-refractivity contribution in [3.8, 4) is 0 Å². The molecule has 6 aliphatic rings. The van der Waals surface area contributed by atoms with Crippen LogP contribution in [0.3, 0.4) is 0 Å². The van der Waals surface area contributed by atoms with Crippen LogP contribution in [0.25, 0.3) is 0 Å². The van der Waals surface area contributed by atoms with Gasteiger partial charge in [-0.15, -0.1) is 0 Å². The molecule has 8 nitrogen and oxygen atoms in total. The molecule has 0 bridgehead atoms. The van der Waals surface area contributed by atoms with Gasteiger partial charge in [0.15, 0.2) is 5.78 Å². The first-order valence-electron chi connectivity index (χ1n) is 17.6. The molecule has 1 heterocycles. The van der Waals surface area contributed by atoms with Crippen LogP contribution in [0.2, 0.25) is 0 Å². The van der Waals surface area contributed by atoms with E-state index in [4.69, 9.17) is 4.74 Å². The van der Waals surface area contributed by atoms with E-state index in [0.717, 1.165) is 57.8 Å². The second kappa shape index (κ2) is 10.6. The van der Waals surface area contributed by atoms with Crippen molar-refractivity contribution in [1.82, 2.24) is 0 Å². The number of Topliss-reactive ketones (excluding diaryl/α,β-unsaturated/α-hetero) is 1. The normalized spacial score (nSPS) is 51.9. The van der Waals surface area contributed by atoms with E-state index < -0.39 is 53.9 Å². The molecule has 254 valence electrons. The number of carboxylic acid groups (broad SMARTS) is 1. The Bertz CT molecular complexity index is 1250. The van der Waals surface area contributed by atoms with Gasteiger partial charge in [0.05, 0.1) is 12.0 Å². The van der Waals surface area contributed by atoms with Gasteiger partial charge in [-0.25, -0.2) is 0 Å². The van der Waals surface area contributed by atoms with Gasteiger partial charge in [-0.1, -0.05) is 60.1 Å². The monoisotopic (exact) mass is 630 g/mol. The molecule has 0 aromatic heterocycles. The highest BCUT2D eigenvalue weighted by Gasteiger charge is 2.70. The summed E-state index contributed by atoms with van der Waals surface area (Å²) < 4.78 is 5.75. The van der Waals surface area contributed by atoms with Crippen LogP contribution in [-0.4, -0.2) is 74.4 Å². The number of allylic oxidation sites excluding steroid dienone is 2. The lowest BCUT2D eigenvalue weighted by molar-refractivity contribution is -0.233. The molecule has 0 amide bonds. The Morgan fingerprint density at radius 2 is 1.51 bits per heavy atom. The number of fused-ring (bicyclic) bond motifs is 7. The van der Waals surface area contributed by atoms with Crippen LogP contribution in [0.15, 0.2) is 11.6 Å². The van der Waals surface area contributed by atoms with Crippen LogP contribution in [0, 0.1) is 56.2 Å². The molecule has 5 aliphatic carbocycles. The first-order valence-corrected chi connectivity index (χ1v) is 17.6. The second-order valence-electron chi connectivity index (χ2n) is 18.2. The first-order chi connectivity index (χ1) is 20.8. The Morgan fingerprint density at radius 3 is 2.16 bits per heavy atom. The van der Waals surface area contributed by atoms with Crippen LogP contribution in [-0.2, 0) is 14.3 Å². The molecule has 13 atom stereocenters. The minimum atomic E-state index is -1.56. The zero-order chi connectivity index (χ0) is 33.1. The fourth-order valence-corrected chi connectivity index (χ4v) is 12.7. The number of hydrogen-bond acceptors (Lipinski definition) is 7. The summed E-state index contributed by atoms with van der Waals surface area (Å²) in [5, 5.41) is 51.8. The largest absolute Gasteiger partial charge is 0.481 e. The highest BCUT2D eigenvalue weighted by atomic mass is 16.5. The van der Waals surface area contributed by atoms with Gasteiger partial charge in [0, 0.05) is 5.92 Å². The molecule has 1 aliphatic heterocycles. The molecule has 1 saturated heterocycles. The average Bonchev–Trinajstić information content (AvgIpc) is 2.95. The maximum Gasteiger partial charge on any atom is 0.310 e. The summed E-state index contributed by atoms with van der Waals surface area (Å²) in [4.78, 5) is 27.1. The fourth-order valence-electron chi connectivity index (χ4n) is 12.7. The predicted molar refractivity (Wildman–Crippen MR) is 169 cm³/mol. The van der Waals surface area contributed by atoms with Crippen molar-refractivity contribution in [3.63, 3.8) is 0 Å². The third-order valence-corrected chi connectivity index (χ3v) is 15.6. The molecular formula is C37H58O8. The third kappa shape index (κ3) is 4.47. The number of ether oxygens (including phenoxy) is 1. The summed E-state index contributed by atoms with van der Waals surface area (Å²) in [6, 6.07) is 0. The van der Waals surface area contributed by atoms with Crippen molar-refractivity contribution < 1.29 is 39.9 Å². The lowest BCUT2D eigenvalue weighted by atomic mass is 9.33. The molecule has 45 heavy (non-hydrogen) atoms. The van der Waals surface area contributed by atoms with Crippen LogP contribution in [0.1, 0.15) is 113 Å². The number of carbonyl (C=O) groups is 2. The van der Waals surface area contributed by atoms with Gasteiger partial charge in [-0.2, -0.15) is 0 Å². The summed E-state index contributed by atoms with van der Waals surface area (Å²) in [5.74, 6) is -0.523. The van der Waals surface area contributed by atoms with E-state index >= 15 is 0 Å². The van der Waals surface area contributed by atoms with Crippen molar-refractivity contribution in [2.75, 3.05) is 6.61 Å². The molecule has 0 aromatic rings. The highest BCUT2D eigenvalue weighted by molar-refractivity contribution is 5.87. The smallest absolute Gasteiger partial charge is 0.310 e. The number of aliphatic hydroxyl groups is 4. The van der Waals surface area contributed by atoms with E-state index in [-0.39, 0.29) is 45.2 Å². The van der Waals surface area contributed by atoms with E-state index in [9.17, 15) is 35.1 Å². The van der Waals surface area contributed by atoms with Crippen LogP contribution in [0.4, 0.5) is 0 Å². The number of carbonyl (C=O) groups excluding carboxylic acids is 1. The van der Waals surface area contributed by atoms with Gasteiger partial charge in [0.25, 0.3) is 0 Å². The van der Waals surface area contributed by atoms with E-state index in [1.54, 1.807) is 0 Å². The minimum Gasteiger partial charge on any atom is -0.481 e. The molecule has 6 rings (SSSR count). The average molecular weight is 631 g/mol. The Morgan fingerprint density at radius 1 is 0.844 bits per heavy atom. The lowest BCUT2D eigenvalue weighted by Gasteiger charge is -2.71. The van der Waals surface area contributed by atoms with Gasteiger partial charge in [-0.3, -0.25) is 9.59 Å². The van der Waals surface area contributed by atoms with Gasteiger partial charge < -0.3 is 30.3 Å². The Kier molecular flexibility index (Phi) is 7.90. The maximum absolute atomic E-state index is 14.1. The Hall–Kier alpha value is -1.32. The van der Waals surface area contributed by atoms with Crippen LogP contribution >= 0.6 is 0 Å². The minimum absolute atomic E-state index is 0.0127. The second-order valence-corrected chi connectivity index (χ2v) is 18.2. The highest BCUT2D eigenvalue weighted by Crippen LogP contribution is 2.76. The summed E-state index contributed by atoms with van der Waals surface area (Å²) in [5.41, 5.74) is 0.396. The molecule has 0 aromatic carbocycles. The Labute approximate surface area is 269 Å². The van der Waals surface area contributed by atoms with E-state index in [0.29, 0.717) is 12.3 Å². The molecule has 5 unspecified atom stereocenters. The molecular weight excluding hydrogens is 572 g/mol. The summed E-state index contributed by atoms with van der Waals surface area (Å²) >= 11 is 0. The number of aliphatic hydroxyl groups excluding tert-OH is 4. The fraction of sp³-hybridized carbons (Fsp3) is 0.892. The summed E-state index contributed by atoms with van der Waals surface area (Å²) in [7, 11) is 0. The number of ketones is 1. The molecule has 8 heteroatoms. The SMILES string of the molecule is CC1(C)CC[C@]2(C(=O)O)CC[C@]3(C)C(=CCC4[C@@]5(C)CC[C@H](C(=O)[C@H]6O[C@H](CO)[C@@H](O)C(O)C6O)C(C)(C)C5CC[C@]43C)C2C1. The third-order valence-electron chi connectivity index (χ3n) is 15.6. The number of aliphatic carboxylic acids is 1. The van der Waals surface area contributed by atoms with Gasteiger partial charge >= 0.3 is 5.97 Å². The Balaban J connectivity index is 1.31. The number of carboxylic acids is 1. The first kappa shape index (κ1) is 33.6. The topological polar surface area (TPSA) is 145 Å². The van der Waals surface area contributed by atoms with E-state index in [1.807, 2.05) is 0 Å². The van der Waals surface area contributed by atoms with Crippen molar-refractivity contribution in [1.29, 1.82) is 0 Å². The van der Waals surface area contributed by atoms with E-state index in [2.05, 4.69) is 54.5 Å². The molecule has 4 saturated carbocycles. The standard InChI is InChI=1S/C37H58O8/c1-32(2)14-16-37(31(43)44)17-15-35(6)20(22(37)18-32)8-9-25-34(5)12-10-21(33(3,4)24(34)11-13-36(25,35)7)26(39)30-29(42)28(41)27(40)23(19-38)45-30/h8,21-25,27-30,38,40-42H,9-19H2,1-7H3,(H,43,44)/t21-,22?,23-,24?,25?,27-,28?,29?,30-,34+,35-,36-,37+/m1/s1. The lowest BCUT2D eigenvalue weighted by Crippen LogP contribution is -2.66. The van der Waals surface area contributed by atoms with E-state index in [1.165, 1.54) is 5.57 Å². The zero-order valence-electron chi connectivity index (χ0n) is 28.5. The van der Waals surface area contributed by atoms with Crippen molar-refractivity contribution in [2.45, 2.75) is 143 Å². The molecule has 5 N–H and O–H groups in total. The van der Waals surface area contributed by atoms with Gasteiger partial charge in [-0.05, 0) is 109 Å².